The topological polar surface area (TPSA) is 37.4 Å². The third-order valence-electron chi connectivity index (χ3n) is 9.52. The van der Waals surface area contributed by atoms with Crippen molar-refractivity contribution in [2.24, 2.45) is 0 Å². The van der Waals surface area contributed by atoms with Gasteiger partial charge in [0, 0.05) is 49.9 Å². The van der Waals surface area contributed by atoms with Crippen molar-refractivity contribution in [2.45, 2.75) is 105 Å². The van der Waals surface area contributed by atoms with Crippen LogP contribution in [0.25, 0.3) is 0 Å². The fraction of sp³-hybridized carbons (Fsp3) is 0.568. The molecule has 43 heavy (non-hydrogen) atoms. The maximum atomic E-state index is 6.35. The maximum absolute atomic E-state index is 6.35. The van der Waals surface area contributed by atoms with E-state index in [1.807, 2.05) is 27.7 Å². The SMILES string of the molecule is C=C1N2Cc3cc(C)cc(OC)c3C(C)C=C2C2(CCN(Cc3cc(C)cc(C)c3)CC2)N1CC1COC(C)(C)O1.CC. The molecule has 0 bridgehead atoms. The number of nitrogens with zero attached hydrogens (tertiary/aromatic N) is 3. The summed E-state index contributed by atoms with van der Waals surface area (Å²) < 4.78 is 18.2. The van der Waals surface area contributed by atoms with E-state index >= 15 is 0 Å². The van der Waals surface area contributed by atoms with Gasteiger partial charge < -0.3 is 24.0 Å². The maximum Gasteiger partial charge on any atom is 0.163 e. The standard InChI is InChI=1S/C35H47N3O3.C2H6/c1-23-13-24(2)15-28(14-23)19-36-11-9-35(10-12-36)32-18-26(4)33-29(16-25(3)17-31(33)39-8)20-37(32)27(5)38(35)21-30-22-40-34(6,7)41-30;1-2/h13-18,26,30H,5,9-12,19-22H2,1-4,6-8H3;1-2H3. The molecule has 3 saturated heterocycles. The zero-order valence-electron chi connectivity index (χ0n) is 28.0. The number of hydrogen-bond donors (Lipinski definition) is 0. The van der Waals surface area contributed by atoms with E-state index in [1.54, 1.807) is 7.11 Å². The van der Waals surface area contributed by atoms with Crippen molar-refractivity contribution in [3.05, 3.63) is 87.9 Å². The second-order valence-corrected chi connectivity index (χ2v) is 13.2. The lowest BCUT2D eigenvalue weighted by molar-refractivity contribution is -0.141. The first-order chi connectivity index (χ1) is 20.5. The van der Waals surface area contributed by atoms with E-state index in [4.69, 9.17) is 20.8 Å². The number of ether oxygens (including phenoxy) is 3. The summed E-state index contributed by atoms with van der Waals surface area (Å²) in [5.41, 5.74) is 9.22. The molecule has 6 heteroatoms. The van der Waals surface area contributed by atoms with Crippen LogP contribution < -0.4 is 4.74 Å². The Balaban J connectivity index is 0.00000180. The van der Waals surface area contributed by atoms with Crippen LogP contribution in [0.15, 0.2) is 54.5 Å². The summed E-state index contributed by atoms with van der Waals surface area (Å²) in [6, 6.07) is 11.4. The lowest BCUT2D eigenvalue weighted by atomic mass is 9.81. The van der Waals surface area contributed by atoms with Crippen molar-refractivity contribution < 1.29 is 14.2 Å². The Bertz CT molecular complexity index is 1350. The number of hydrogen-bond acceptors (Lipinski definition) is 6. The van der Waals surface area contributed by atoms with Gasteiger partial charge in [-0.15, -0.1) is 0 Å². The summed E-state index contributed by atoms with van der Waals surface area (Å²) in [7, 11) is 1.79. The molecule has 0 saturated carbocycles. The van der Waals surface area contributed by atoms with Crippen LogP contribution in [0.1, 0.15) is 86.8 Å². The molecule has 4 heterocycles. The Morgan fingerprint density at radius 2 is 1.63 bits per heavy atom. The molecule has 234 valence electrons. The van der Waals surface area contributed by atoms with Gasteiger partial charge in [-0.2, -0.15) is 0 Å². The van der Waals surface area contributed by atoms with Crippen LogP contribution in [0.4, 0.5) is 0 Å². The highest BCUT2D eigenvalue weighted by Crippen LogP contribution is 2.51. The van der Waals surface area contributed by atoms with Gasteiger partial charge in [0.1, 0.15) is 17.7 Å². The predicted octanol–water partition coefficient (Wildman–Crippen LogP) is 7.42. The molecule has 0 aromatic heterocycles. The van der Waals surface area contributed by atoms with E-state index in [2.05, 4.69) is 78.8 Å². The van der Waals surface area contributed by atoms with Gasteiger partial charge in [-0.25, -0.2) is 0 Å². The number of rotatable bonds is 5. The van der Waals surface area contributed by atoms with Gasteiger partial charge in [-0.3, -0.25) is 4.90 Å². The van der Waals surface area contributed by atoms with Crippen molar-refractivity contribution >= 4 is 0 Å². The quantitative estimate of drug-likeness (QED) is 0.362. The van der Waals surface area contributed by atoms with Crippen molar-refractivity contribution in [3.8, 4) is 5.75 Å². The molecule has 6 nitrogen and oxygen atoms in total. The Hall–Kier alpha value is -2.80. The molecule has 2 atom stereocenters. The summed E-state index contributed by atoms with van der Waals surface area (Å²) >= 11 is 0. The van der Waals surface area contributed by atoms with E-state index in [1.165, 1.54) is 39.1 Å². The molecule has 2 unspecified atom stereocenters. The number of methoxy groups -OCH3 is 1. The fourth-order valence-corrected chi connectivity index (χ4v) is 7.85. The highest BCUT2D eigenvalue weighted by Gasteiger charge is 2.54. The Kier molecular flexibility index (Phi) is 9.04. The predicted molar refractivity (Wildman–Crippen MR) is 175 cm³/mol. The summed E-state index contributed by atoms with van der Waals surface area (Å²) in [4.78, 5) is 7.69. The fourth-order valence-electron chi connectivity index (χ4n) is 7.85. The molecule has 0 N–H and O–H groups in total. The van der Waals surface area contributed by atoms with E-state index in [-0.39, 0.29) is 17.6 Å². The first-order valence-corrected chi connectivity index (χ1v) is 16.2. The molecule has 0 amide bonds. The first kappa shape index (κ1) is 31.6. The summed E-state index contributed by atoms with van der Waals surface area (Å²) in [5.74, 6) is 1.76. The minimum atomic E-state index is -0.542. The number of benzene rings is 2. The molecule has 0 aliphatic carbocycles. The van der Waals surface area contributed by atoms with E-state index in [9.17, 15) is 0 Å². The average molecular weight is 588 g/mol. The summed E-state index contributed by atoms with van der Waals surface area (Å²) in [6.07, 6.45) is 4.62. The lowest BCUT2D eigenvalue weighted by Crippen LogP contribution is -2.54. The molecular formula is C37H53N3O3. The van der Waals surface area contributed by atoms with Gasteiger partial charge in [0.2, 0.25) is 0 Å². The number of aryl methyl sites for hydroxylation is 3. The minimum Gasteiger partial charge on any atom is -0.496 e. The number of fused-ring (bicyclic) bond motifs is 3. The zero-order valence-corrected chi connectivity index (χ0v) is 28.0. The van der Waals surface area contributed by atoms with Crippen LogP contribution in [0.2, 0.25) is 0 Å². The number of allylic oxidation sites excluding steroid dienone is 1. The average Bonchev–Trinajstić information content (AvgIpc) is 3.33. The van der Waals surface area contributed by atoms with Gasteiger partial charge in [-0.1, -0.05) is 68.8 Å². The summed E-state index contributed by atoms with van der Waals surface area (Å²) in [6.45, 7) is 26.9. The smallest absolute Gasteiger partial charge is 0.163 e. The Morgan fingerprint density at radius 3 is 2.23 bits per heavy atom. The van der Waals surface area contributed by atoms with Gasteiger partial charge in [0.15, 0.2) is 5.79 Å². The first-order valence-electron chi connectivity index (χ1n) is 16.2. The van der Waals surface area contributed by atoms with Crippen LogP contribution in [-0.4, -0.2) is 65.5 Å². The Labute approximate surface area is 260 Å². The minimum absolute atomic E-state index is 0.0168. The van der Waals surface area contributed by atoms with Crippen molar-refractivity contribution in [1.82, 2.24) is 14.7 Å². The third-order valence-corrected chi connectivity index (χ3v) is 9.52. The third kappa shape index (κ3) is 6.11. The van der Waals surface area contributed by atoms with E-state index in [0.29, 0.717) is 6.61 Å². The van der Waals surface area contributed by atoms with Crippen molar-refractivity contribution in [2.75, 3.05) is 33.4 Å². The molecule has 2 aromatic rings. The molecule has 0 radical (unpaired) electrons. The van der Waals surface area contributed by atoms with Crippen LogP contribution in [0.3, 0.4) is 0 Å². The molecule has 3 fully saturated rings. The largest absolute Gasteiger partial charge is 0.496 e. The number of likely N-dealkylation sites (tertiary alicyclic amines) is 1. The normalized spacial score (nSPS) is 24.2. The lowest BCUT2D eigenvalue weighted by Gasteiger charge is -2.46. The molecule has 6 rings (SSSR count). The van der Waals surface area contributed by atoms with Crippen LogP contribution in [0.5, 0.6) is 5.75 Å². The Morgan fingerprint density at radius 1 is 0.977 bits per heavy atom. The highest BCUT2D eigenvalue weighted by molar-refractivity contribution is 5.51. The number of piperidine rings is 1. The molecule has 1 spiro atoms. The van der Waals surface area contributed by atoms with E-state index < -0.39 is 5.79 Å². The summed E-state index contributed by atoms with van der Waals surface area (Å²) in [5, 5.41) is 0. The second kappa shape index (κ2) is 12.3. The zero-order chi connectivity index (χ0) is 31.1. The highest BCUT2D eigenvalue weighted by atomic mass is 16.7. The molecular weight excluding hydrogens is 534 g/mol. The van der Waals surface area contributed by atoms with Gasteiger partial charge in [0.25, 0.3) is 0 Å². The van der Waals surface area contributed by atoms with Crippen LogP contribution in [-0.2, 0) is 22.6 Å². The van der Waals surface area contributed by atoms with E-state index in [0.717, 1.165) is 57.1 Å². The van der Waals surface area contributed by atoms with Crippen LogP contribution >= 0.6 is 0 Å². The molecule has 4 aliphatic rings. The second-order valence-electron chi connectivity index (χ2n) is 13.2. The van der Waals surface area contributed by atoms with Crippen molar-refractivity contribution in [1.29, 1.82) is 0 Å². The van der Waals surface area contributed by atoms with Gasteiger partial charge in [-0.05, 0) is 70.2 Å². The molecule has 4 aliphatic heterocycles. The monoisotopic (exact) mass is 587 g/mol. The van der Waals surface area contributed by atoms with Gasteiger partial charge >= 0.3 is 0 Å². The van der Waals surface area contributed by atoms with Crippen LogP contribution in [0, 0.1) is 20.8 Å². The molecule has 2 aromatic carbocycles. The van der Waals surface area contributed by atoms with Crippen molar-refractivity contribution in [3.63, 3.8) is 0 Å². The van der Waals surface area contributed by atoms with Gasteiger partial charge in [0.05, 0.1) is 19.3 Å².